The highest BCUT2D eigenvalue weighted by atomic mass is 35.5. The van der Waals surface area contributed by atoms with E-state index in [9.17, 15) is 9.59 Å². The lowest BCUT2D eigenvalue weighted by Crippen LogP contribution is -2.22. The smallest absolute Gasteiger partial charge is 0.276 e. The lowest BCUT2D eigenvalue weighted by Gasteiger charge is -2.24. The topological polar surface area (TPSA) is 85.3 Å². The number of carbonyl (C=O) groups is 2. The first-order valence-electron chi connectivity index (χ1n) is 9.11. The number of ether oxygens (including phenoxy) is 1. The highest BCUT2D eigenvalue weighted by molar-refractivity contribution is 6.30. The Balaban J connectivity index is 1.43. The molecule has 148 valence electrons. The van der Waals surface area contributed by atoms with Crippen molar-refractivity contribution in [3.05, 3.63) is 76.6 Å². The van der Waals surface area contributed by atoms with E-state index in [-0.39, 0.29) is 17.9 Å². The van der Waals surface area contributed by atoms with E-state index in [0.29, 0.717) is 35.2 Å². The summed E-state index contributed by atoms with van der Waals surface area (Å²) in [6.07, 6.45) is -0.142. The van der Waals surface area contributed by atoms with Crippen molar-refractivity contribution in [2.45, 2.75) is 26.2 Å². The van der Waals surface area contributed by atoms with Gasteiger partial charge >= 0.3 is 0 Å². The molecule has 2 amide bonds. The second-order valence-corrected chi connectivity index (χ2v) is 7.20. The number of hydrogen-bond acceptors (Lipinski definition) is 4. The average molecular weight is 411 g/mol. The van der Waals surface area contributed by atoms with Crippen LogP contribution in [0.5, 0.6) is 0 Å². The number of carbonyl (C=O) groups excluding carboxylic acids is 2. The number of hydrogen-bond donors (Lipinski definition) is 2. The summed E-state index contributed by atoms with van der Waals surface area (Å²) in [6.45, 7) is 2.34. The van der Waals surface area contributed by atoms with Crippen molar-refractivity contribution >= 4 is 34.8 Å². The Hall–Kier alpha value is -3.16. The van der Waals surface area contributed by atoms with E-state index in [1.165, 1.54) is 6.92 Å². The molecule has 29 heavy (non-hydrogen) atoms. The second kappa shape index (κ2) is 8.06. The molecule has 0 radical (unpaired) electrons. The number of fused-ring (bicyclic) bond motifs is 1. The third kappa shape index (κ3) is 4.47. The summed E-state index contributed by atoms with van der Waals surface area (Å²) in [5.74, 6) is -0.452. The van der Waals surface area contributed by atoms with Crippen LogP contribution >= 0.6 is 11.6 Å². The first-order valence-corrected chi connectivity index (χ1v) is 9.48. The first-order chi connectivity index (χ1) is 14.0. The number of benzene rings is 2. The van der Waals surface area contributed by atoms with Crippen molar-refractivity contribution in [1.29, 1.82) is 0 Å². The molecule has 0 fully saturated rings. The molecule has 8 heteroatoms. The van der Waals surface area contributed by atoms with Gasteiger partial charge in [-0.25, -0.2) is 0 Å². The SMILES string of the molecule is CC(=O)Nc1ccc(NC(=O)c2cc3n(n2)CC(c2ccc(Cl)cc2)OC3)cc1. The van der Waals surface area contributed by atoms with Crippen LogP contribution in [0.4, 0.5) is 11.4 Å². The summed E-state index contributed by atoms with van der Waals surface area (Å²) < 4.78 is 7.72. The zero-order valence-corrected chi connectivity index (χ0v) is 16.4. The zero-order chi connectivity index (χ0) is 20.4. The Labute approximate surface area is 172 Å². The van der Waals surface area contributed by atoms with Crippen LogP contribution in [0.15, 0.2) is 54.6 Å². The standard InChI is InChI=1S/C21H19ClN4O3/c1-13(27)23-16-6-8-17(9-7-16)24-21(28)19-10-18-12-29-20(11-26(18)25-19)14-2-4-15(22)5-3-14/h2-10,20H,11-12H2,1H3,(H,23,27)(H,24,28). The highest BCUT2D eigenvalue weighted by Gasteiger charge is 2.24. The van der Waals surface area contributed by atoms with E-state index in [0.717, 1.165) is 11.3 Å². The molecule has 0 saturated carbocycles. The van der Waals surface area contributed by atoms with Gasteiger partial charge in [0.2, 0.25) is 5.91 Å². The quantitative estimate of drug-likeness (QED) is 0.680. The number of anilines is 2. The number of rotatable bonds is 4. The Morgan fingerprint density at radius 1 is 1.07 bits per heavy atom. The molecule has 2 N–H and O–H groups in total. The van der Waals surface area contributed by atoms with Gasteiger partial charge < -0.3 is 15.4 Å². The van der Waals surface area contributed by atoms with Gasteiger partial charge in [-0.2, -0.15) is 5.10 Å². The molecule has 1 aliphatic heterocycles. The Morgan fingerprint density at radius 3 is 2.38 bits per heavy atom. The largest absolute Gasteiger partial charge is 0.365 e. The van der Waals surface area contributed by atoms with Gasteiger partial charge in [0.05, 0.1) is 18.8 Å². The molecule has 0 bridgehead atoms. The van der Waals surface area contributed by atoms with Crippen molar-refractivity contribution < 1.29 is 14.3 Å². The summed E-state index contributed by atoms with van der Waals surface area (Å²) in [5.41, 5.74) is 3.47. The summed E-state index contributed by atoms with van der Waals surface area (Å²) >= 11 is 5.95. The highest BCUT2D eigenvalue weighted by Crippen LogP contribution is 2.27. The molecule has 2 heterocycles. The van der Waals surface area contributed by atoms with Crippen LogP contribution in [0, 0.1) is 0 Å². The van der Waals surface area contributed by atoms with E-state index in [2.05, 4.69) is 15.7 Å². The van der Waals surface area contributed by atoms with Crippen LogP contribution in [0.3, 0.4) is 0 Å². The molecule has 1 aromatic heterocycles. The van der Waals surface area contributed by atoms with E-state index in [1.807, 2.05) is 24.3 Å². The molecule has 0 saturated heterocycles. The minimum absolute atomic E-state index is 0.142. The van der Waals surface area contributed by atoms with Crippen LogP contribution < -0.4 is 10.6 Å². The molecule has 1 atom stereocenters. The molecule has 2 aromatic carbocycles. The maximum atomic E-state index is 12.6. The van der Waals surface area contributed by atoms with Crippen LogP contribution in [-0.2, 0) is 22.7 Å². The fourth-order valence-corrected chi connectivity index (χ4v) is 3.28. The van der Waals surface area contributed by atoms with Gasteiger partial charge in [0, 0.05) is 23.3 Å². The second-order valence-electron chi connectivity index (χ2n) is 6.77. The summed E-state index contributed by atoms with van der Waals surface area (Å²) in [7, 11) is 0. The van der Waals surface area contributed by atoms with Crippen molar-refractivity contribution in [2.75, 3.05) is 10.6 Å². The van der Waals surface area contributed by atoms with Crippen LogP contribution in [0.2, 0.25) is 5.02 Å². The number of amides is 2. The van der Waals surface area contributed by atoms with Gasteiger partial charge in [0.25, 0.3) is 5.91 Å². The average Bonchev–Trinajstić information content (AvgIpc) is 3.13. The first kappa shape index (κ1) is 19.2. The number of aromatic nitrogens is 2. The minimum atomic E-state index is -0.303. The van der Waals surface area contributed by atoms with Gasteiger partial charge in [-0.3, -0.25) is 14.3 Å². The molecular formula is C21H19ClN4O3. The molecule has 3 aromatic rings. The van der Waals surface area contributed by atoms with Crippen LogP contribution in [0.25, 0.3) is 0 Å². The van der Waals surface area contributed by atoms with E-state index in [1.54, 1.807) is 35.0 Å². The number of halogens is 1. The summed E-state index contributed by atoms with van der Waals surface area (Å²) in [5, 5.41) is 10.6. The van der Waals surface area contributed by atoms with Crippen molar-refractivity contribution in [3.63, 3.8) is 0 Å². The molecule has 7 nitrogen and oxygen atoms in total. The van der Waals surface area contributed by atoms with Crippen molar-refractivity contribution in [2.24, 2.45) is 0 Å². The minimum Gasteiger partial charge on any atom is -0.365 e. The molecule has 0 spiro atoms. The lowest BCUT2D eigenvalue weighted by molar-refractivity contribution is -0.114. The fourth-order valence-electron chi connectivity index (χ4n) is 3.15. The Morgan fingerprint density at radius 2 is 1.72 bits per heavy atom. The Kier molecular flexibility index (Phi) is 5.33. The van der Waals surface area contributed by atoms with Gasteiger partial charge in [-0.15, -0.1) is 0 Å². The van der Waals surface area contributed by atoms with Gasteiger partial charge in [0.15, 0.2) is 5.69 Å². The predicted molar refractivity (Wildman–Crippen MR) is 110 cm³/mol. The maximum Gasteiger partial charge on any atom is 0.276 e. The van der Waals surface area contributed by atoms with Crippen molar-refractivity contribution in [3.8, 4) is 0 Å². The van der Waals surface area contributed by atoms with Gasteiger partial charge in [-0.05, 0) is 48.0 Å². The van der Waals surface area contributed by atoms with Crippen LogP contribution in [0.1, 0.15) is 34.8 Å². The van der Waals surface area contributed by atoms with Gasteiger partial charge in [-0.1, -0.05) is 23.7 Å². The Bertz CT molecular complexity index is 1040. The lowest BCUT2D eigenvalue weighted by atomic mass is 10.1. The number of nitrogens with zero attached hydrogens (tertiary/aromatic N) is 2. The summed E-state index contributed by atoms with van der Waals surface area (Å²) in [6, 6.07) is 16.1. The van der Waals surface area contributed by atoms with Gasteiger partial charge in [0.1, 0.15) is 6.10 Å². The predicted octanol–water partition coefficient (Wildman–Crippen LogP) is 4.02. The normalized spacial score (nSPS) is 15.4. The fraction of sp³-hybridized carbons (Fsp3) is 0.190. The van der Waals surface area contributed by atoms with E-state index in [4.69, 9.17) is 16.3 Å². The van der Waals surface area contributed by atoms with E-state index >= 15 is 0 Å². The molecule has 4 rings (SSSR count). The monoisotopic (exact) mass is 410 g/mol. The maximum absolute atomic E-state index is 12.6. The van der Waals surface area contributed by atoms with Crippen LogP contribution in [-0.4, -0.2) is 21.6 Å². The summed E-state index contributed by atoms with van der Waals surface area (Å²) in [4.78, 5) is 23.6. The molecule has 0 aliphatic carbocycles. The molecular weight excluding hydrogens is 392 g/mol. The third-order valence-corrected chi connectivity index (χ3v) is 4.82. The third-order valence-electron chi connectivity index (χ3n) is 4.57. The molecule has 1 unspecified atom stereocenters. The van der Waals surface area contributed by atoms with E-state index < -0.39 is 0 Å². The van der Waals surface area contributed by atoms with Crippen molar-refractivity contribution in [1.82, 2.24) is 9.78 Å². The zero-order valence-electron chi connectivity index (χ0n) is 15.7. The molecule has 1 aliphatic rings. The number of nitrogens with one attached hydrogen (secondary N) is 2.